The van der Waals surface area contributed by atoms with E-state index in [2.05, 4.69) is 20.6 Å². The minimum Gasteiger partial charge on any atom is -0.471 e. The van der Waals surface area contributed by atoms with Gasteiger partial charge in [0.1, 0.15) is 10.9 Å². The molecule has 0 aliphatic carbocycles. The fraction of sp³-hybridized carbons (Fsp3) is 0.300. The zero-order valence-corrected chi connectivity index (χ0v) is 17.7. The highest BCUT2D eigenvalue weighted by Crippen LogP contribution is 2.36. The van der Waals surface area contributed by atoms with Crippen LogP contribution < -0.4 is 15.0 Å². The number of nitrogens with one attached hydrogen (secondary N) is 1. The normalized spacial score (nSPS) is 16.2. The molecule has 1 N–H and O–H groups in total. The summed E-state index contributed by atoms with van der Waals surface area (Å²) in [7, 11) is 1.58. The van der Waals surface area contributed by atoms with E-state index < -0.39 is 12.3 Å². The van der Waals surface area contributed by atoms with Crippen LogP contribution in [0.5, 0.6) is 5.88 Å². The molecule has 1 aliphatic heterocycles. The average Bonchev–Trinajstić information content (AvgIpc) is 3.58. The summed E-state index contributed by atoms with van der Waals surface area (Å²) in [5.74, 6) is -0.483. The quantitative estimate of drug-likeness (QED) is 0.471. The van der Waals surface area contributed by atoms with Crippen molar-refractivity contribution in [2.75, 3.05) is 25.0 Å². The molecule has 0 spiro atoms. The largest absolute Gasteiger partial charge is 0.471 e. The number of aromatic nitrogens is 4. The van der Waals surface area contributed by atoms with Crippen molar-refractivity contribution in [2.24, 2.45) is 0 Å². The van der Waals surface area contributed by atoms with Gasteiger partial charge in [-0.15, -0.1) is 21.5 Å². The monoisotopic (exact) mass is 460 g/mol. The van der Waals surface area contributed by atoms with E-state index in [1.165, 1.54) is 11.3 Å². The Morgan fingerprint density at radius 1 is 1.31 bits per heavy atom. The lowest BCUT2D eigenvalue weighted by molar-refractivity contribution is 0.0967. The van der Waals surface area contributed by atoms with E-state index in [1.54, 1.807) is 22.7 Å². The molecule has 3 aromatic heterocycles. The number of nitrogens with zero attached hydrogens (tertiary/aromatic N) is 5. The number of carbonyl (C=O) groups is 1. The average molecular weight is 460 g/mol. The van der Waals surface area contributed by atoms with Crippen LogP contribution in [0.3, 0.4) is 0 Å². The summed E-state index contributed by atoms with van der Waals surface area (Å²) >= 11 is 1.33. The molecule has 1 aliphatic rings. The maximum absolute atomic E-state index is 12.7. The molecule has 9 nitrogen and oxygen atoms in total. The Morgan fingerprint density at radius 2 is 2.12 bits per heavy atom. The summed E-state index contributed by atoms with van der Waals surface area (Å²) in [4.78, 5) is 15.2. The Balaban J connectivity index is 1.42. The molecule has 0 unspecified atom stereocenters. The Morgan fingerprint density at radius 3 is 2.84 bits per heavy atom. The number of hydrogen-bond acceptors (Lipinski definition) is 8. The highest BCUT2D eigenvalue weighted by atomic mass is 32.1. The van der Waals surface area contributed by atoms with Gasteiger partial charge in [0.2, 0.25) is 5.88 Å². The summed E-state index contributed by atoms with van der Waals surface area (Å²) in [6.07, 6.45) is -2.45. The first-order valence-electron chi connectivity index (χ1n) is 9.86. The summed E-state index contributed by atoms with van der Waals surface area (Å²) in [5.41, 5.74) is 0.844. The second-order valence-corrected chi connectivity index (χ2v) is 8.19. The number of halogens is 2. The van der Waals surface area contributed by atoms with Crippen molar-refractivity contribution >= 4 is 33.5 Å². The molecule has 1 saturated heterocycles. The number of alkyl halides is 2. The standard InChI is InChI=1S/C20H18F2N6O3S/c1-23-16(29)14-9-13-17(26-28(19(13)32-14)11-5-3-2-4-6-11)30-12-7-8-27(10-12)20-25-24-18(31-20)15(21)22/h2-6,9,12,15H,7-8,10H2,1H3,(H,23,29)/t12-/m1/s1. The molecule has 1 amide bonds. The van der Waals surface area contributed by atoms with E-state index >= 15 is 0 Å². The van der Waals surface area contributed by atoms with Gasteiger partial charge < -0.3 is 19.4 Å². The van der Waals surface area contributed by atoms with Gasteiger partial charge in [-0.3, -0.25) is 4.79 Å². The van der Waals surface area contributed by atoms with Gasteiger partial charge in [0.15, 0.2) is 0 Å². The van der Waals surface area contributed by atoms with E-state index in [0.29, 0.717) is 30.3 Å². The Labute approximate surface area is 184 Å². The first kappa shape index (κ1) is 20.4. The Bertz CT molecular complexity index is 1250. The number of carbonyl (C=O) groups excluding carboxylic acids is 1. The lowest BCUT2D eigenvalue weighted by Gasteiger charge is -2.13. The number of para-hydroxylation sites is 1. The van der Waals surface area contributed by atoms with Gasteiger partial charge in [-0.25, -0.2) is 4.68 Å². The predicted molar refractivity (Wildman–Crippen MR) is 113 cm³/mol. The molecule has 0 saturated carbocycles. The van der Waals surface area contributed by atoms with E-state index in [-0.39, 0.29) is 18.0 Å². The molecule has 4 heterocycles. The maximum atomic E-state index is 12.7. The first-order valence-corrected chi connectivity index (χ1v) is 10.7. The number of fused-ring (bicyclic) bond motifs is 1. The molecule has 0 bridgehead atoms. The molecule has 1 fully saturated rings. The lowest BCUT2D eigenvalue weighted by atomic mass is 10.3. The number of rotatable bonds is 6. The summed E-state index contributed by atoms with van der Waals surface area (Å²) in [5, 5.41) is 15.1. The van der Waals surface area contributed by atoms with Crippen LogP contribution in [0.4, 0.5) is 14.8 Å². The van der Waals surface area contributed by atoms with E-state index in [1.807, 2.05) is 30.3 Å². The van der Waals surface area contributed by atoms with Crippen molar-refractivity contribution in [1.29, 1.82) is 0 Å². The van der Waals surface area contributed by atoms with E-state index in [9.17, 15) is 13.6 Å². The maximum Gasteiger partial charge on any atom is 0.318 e. The van der Waals surface area contributed by atoms with Gasteiger partial charge in [0.05, 0.1) is 22.5 Å². The van der Waals surface area contributed by atoms with Crippen molar-refractivity contribution in [1.82, 2.24) is 25.3 Å². The molecule has 0 radical (unpaired) electrons. The second kappa shape index (κ2) is 8.19. The predicted octanol–water partition coefficient (Wildman–Crippen LogP) is 3.42. The SMILES string of the molecule is CNC(=O)c1cc2c(O[C@@H]3CCN(c4nnc(C(F)F)o4)C3)nn(-c3ccccc3)c2s1. The third-order valence-corrected chi connectivity index (χ3v) is 6.20. The van der Waals surface area contributed by atoms with Gasteiger partial charge in [0, 0.05) is 20.0 Å². The van der Waals surface area contributed by atoms with Crippen LogP contribution >= 0.6 is 11.3 Å². The Hall–Kier alpha value is -3.54. The highest BCUT2D eigenvalue weighted by molar-refractivity contribution is 7.20. The van der Waals surface area contributed by atoms with Gasteiger partial charge in [-0.05, 0) is 18.2 Å². The second-order valence-electron chi connectivity index (χ2n) is 7.16. The summed E-state index contributed by atoms with van der Waals surface area (Å²) in [6.45, 7) is 0.905. The molecule has 166 valence electrons. The molecular weight excluding hydrogens is 442 g/mol. The molecular formula is C20H18F2N6O3S. The molecule has 1 atom stereocenters. The Kier molecular flexibility index (Phi) is 5.21. The number of thiophene rings is 1. The third kappa shape index (κ3) is 3.66. The molecule has 4 aromatic rings. The summed E-state index contributed by atoms with van der Waals surface area (Å²) in [6, 6.07) is 11.4. The molecule has 5 rings (SSSR count). The van der Waals surface area contributed by atoms with Crippen molar-refractivity contribution in [3.05, 3.63) is 47.2 Å². The van der Waals surface area contributed by atoms with Crippen molar-refractivity contribution in [3.8, 4) is 11.6 Å². The van der Waals surface area contributed by atoms with Crippen LogP contribution in [0.1, 0.15) is 28.4 Å². The van der Waals surface area contributed by atoms with Gasteiger partial charge in [-0.2, -0.15) is 8.78 Å². The van der Waals surface area contributed by atoms with Crippen molar-refractivity contribution in [3.63, 3.8) is 0 Å². The fourth-order valence-electron chi connectivity index (χ4n) is 3.55. The number of benzene rings is 1. The van der Waals surface area contributed by atoms with Crippen LogP contribution in [0, 0.1) is 0 Å². The van der Waals surface area contributed by atoms with Crippen molar-refractivity contribution in [2.45, 2.75) is 19.0 Å². The van der Waals surface area contributed by atoms with E-state index in [4.69, 9.17) is 9.15 Å². The molecule has 1 aromatic carbocycles. The third-order valence-electron chi connectivity index (χ3n) is 5.09. The zero-order chi connectivity index (χ0) is 22.2. The molecule has 12 heteroatoms. The van der Waals surface area contributed by atoms with Gasteiger partial charge in [0.25, 0.3) is 11.8 Å². The highest BCUT2D eigenvalue weighted by Gasteiger charge is 2.30. The van der Waals surface area contributed by atoms with Crippen LogP contribution in [-0.4, -0.2) is 52.1 Å². The number of ether oxygens (including phenoxy) is 1. The van der Waals surface area contributed by atoms with Crippen LogP contribution in [0.15, 0.2) is 40.8 Å². The lowest BCUT2D eigenvalue weighted by Crippen LogP contribution is -2.25. The van der Waals surface area contributed by atoms with Crippen molar-refractivity contribution < 1.29 is 22.7 Å². The number of hydrogen-bond donors (Lipinski definition) is 1. The fourth-order valence-corrected chi connectivity index (χ4v) is 4.62. The smallest absolute Gasteiger partial charge is 0.318 e. The minimum atomic E-state index is -2.81. The van der Waals surface area contributed by atoms with Gasteiger partial charge in [-0.1, -0.05) is 23.3 Å². The number of amides is 1. The topological polar surface area (TPSA) is 98.3 Å². The van der Waals surface area contributed by atoms with Crippen LogP contribution in [-0.2, 0) is 0 Å². The first-order chi connectivity index (χ1) is 15.5. The summed E-state index contributed by atoms with van der Waals surface area (Å²) < 4.78 is 38.4. The van der Waals surface area contributed by atoms with Crippen LogP contribution in [0.2, 0.25) is 0 Å². The van der Waals surface area contributed by atoms with Crippen LogP contribution in [0.25, 0.3) is 15.9 Å². The van der Waals surface area contributed by atoms with Gasteiger partial charge >= 0.3 is 12.4 Å². The van der Waals surface area contributed by atoms with E-state index in [0.717, 1.165) is 15.9 Å². The minimum absolute atomic E-state index is 0.0452. The molecule has 32 heavy (non-hydrogen) atoms. The zero-order valence-electron chi connectivity index (χ0n) is 16.9. The number of anilines is 1.